The van der Waals surface area contributed by atoms with Gasteiger partial charge >= 0.3 is 0 Å². The van der Waals surface area contributed by atoms with Gasteiger partial charge in [0, 0.05) is 11.1 Å². The first-order chi connectivity index (χ1) is 7.15. The second kappa shape index (κ2) is 3.86. The van der Waals surface area contributed by atoms with E-state index in [1.165, 1.54) is 24.0 Å². The fourth-order valence-corrected chi connectivity index (χ4v) is 2.49. The van der Waals surface area contributed by atoms with Crippen LogP contribution in [0.4, 0.5) is 0 Å². The SMILES string of the molecule is COc1ccc(C)cc1C1(N)CCCC1. The van der Waals surface area contributed by atoms with Gasteiger partial charge in [-0.3, -0.25) is 0 Å². The van der Waals surface area contributed by atoms with Crippen molar-refractivity contribution in [3.8, 4) is 5.75 Å². The molecule has 1 aliphatic carbocycles. The van der Waals surface area contributed by atoms with E-state index in [1.54, 1.807) is 7.11 Å². The van der Waals surface area contributed by atoms with Crippen LogP contribution in [0.15, 0.2) is 18.2 Å². The third-order valence-electron chi connectivity index (χ3n) is 3.39. The molecule has 2 N–H and O–H groups in total. The Bertz CT molecular complexity index is 354. The summed E-state index contributed by atoms with van der Waals surface area (Å²) in [5.41, 5.74) is 8.73. The van der Waals surface area contributed by atoms with Gasteiger partial charge in [0.15, 0.2) is 0 Å². The zero-order chi connectivity index (χ0) is 10.9. The maximum atomic E-state index is 6.45. The molecule has 1 saturated carbocycles. The van der Waals surface area contributed by atoms with E-state index in [4.69, 9.17) is 10.5 Å². The van der Waals surface area contributed by atoms with Crippen molar-refractivity contribution in [2.75, 3.05) is 7.11 Å². The van der Waals surface area contributed by atoms with Crippen LogP contribution >= 0.6 is 0 Å². The van der Waals surface area contributed by atoms with Crippen LogP contribution in [0.1, 0.15) is 36.8 Å². The quantitative estimate of drug-likeness (QED) is 0.805. The first-order valence-electron chi connectivity index (χ1n) is 5.60. The molecule has 0 aromatic heterocycles. The molecule has 0 radical (unpaired) electrons. The normalized spacial score (nSPS) is 19.1. The Labute approximate surface area is 91.4 Å². The van der Waals surface area contributed by atoms with Crippen LogP contribution in [0, 0.1) is 6.92 Å². The number of nitrogens with two attached hydrogens (primary N) is 1. The van der Waals surface area contributed by atoms with Gasteiger partial charge in [0.05, 0.1) is 7.11 Å². The Morgan fingerprint density at radius 3 is 2.53 bits per heavy atom. The van der Waals surface area contributed by atoms with Crippen LogP contribution < -0.4 is 10.5 Å². The van der Waals surface area contributed by atoms with Gasteiger partial charge in [0.25, 0.3) is 0 Å². The molecule has 1 aliphatic rings. The van der Waals surface area contributed by atoms with Crippen molar-refractivity contribution in [3.05, 3.63) is 29.3 Å². The highest BCUT2D eigenvalue weighted by atomic mass is 16.5. The second-order valence-electron chi connectivity index (χ2n) is 4.57. The van der Waals surface area contributed by atoms with E-state index in [0.717, 1.165) is 18.6 Å². The van der Waals surface area contributed by atoms with Crippen molar-refractivity contribution in [2.24, 2.45) is 5.73 Å². The lowest BCUT2D eigenvalue weighted by Crippen LogP contribution is -2.33. The third kappa shape index (κ3) is 1.86. The molecule has 0 bridgehead atoms. The third-order valence-corrected chi connectivity index (χ3v) is 3.39. The Morgan fingerprint density at radius 1 is 1.27 bits per heavy atom. The molecule has 0 amide bonds. The highest BCUT2D eigenvalue weighted by molar-refractivity contribution is 5.42. The van der Waals surface area contributed by atoms with E-state index >= 15 is 0 Å². The minimum absolute atomic E-state index is 0.155. The molecule has 0 saturated heterocycles. The second-order valence-corrected chi connectivity index (χ2v) is 4.57. The summed E-state index contributed by atoms with van der Waals surface area (Å²) in [6, 6.07) is 6.27. The fraction of sp³-hybridized carbons (Fsp3) is 0.538. The van der Waals surface area contributed by atoms with Crippen molar-refractivity contribution in [1.29, 1.82) is 0 Å². The fourth-order valence-electron chi connectivity index (χ4n) is 2.49. The molecule has 1 aromatic rings. The van der Waals surface area contributed by atoms with Crippen molar-refractivity contribution in [1.82, 2.24) is 0 Å². The van der Waals surface area contributed by atoms with Gasteiger partial charge in [0.2, 0.25) is 0 Å². The zero-order valence-electron chi connectivity index (χ0n) is 9.55. The number of benzene rings is 1. The molecule has 2 heteroatoms. The maximum absolute atomic E-state index is 6.45. The maximum Gasteiger partial charge on any atom is 0.123 e. The topological polar surface area (TPSA) is 35.2 Å². The van der Waals surface area contributed by atoms with Crippen molar-refractivity contribution in [3.63, 3.8) is 0 Å². The predicted molar refractivity (Wildman–Crippen MR) is 62.1 cm³/mol. The van der Waals surface area contributed by atoms with Crippen LogP contribution in [0.5, 0.6) is 5.75 Å². The molecule has 2 rings (SSSR count). The van der Waals surface area contributed by atoms with Gasteiger partial charge in [-0.25, -0.2) is 0 Å². The minimum atomic E-state index is -0.155. The monoisotopic (exact) mass is 205 g/mol. The van der Waals surface area contributed by atoms with E-state index in [2.05, 4.69) is 19.1 Å². The van der Waals surface area contributed by atoms with E-state index in [9.17, 15) is 0 Å². The van der Waals surface area contributed by atoms with E-state index in [1.807, 2.05) is 6.07 Å². The number of hydrogen-bond acceptors (Lipinski definition) is 2. The molecular formula is C13H19NO. The number of hydrogen-bond donors (Lipinski definition) is 1. The molecule has 0 unspecified atom stereocenters. The molecule has 1 fully saturated rings. The average Bonchev–Trinajstić information content (AvgIpc) is 2.66. The molecule has 1 aromatic carbocycles. The summed E-state index contributed by atoms with van der Waals surface area (Å²) in [7, 11) is 1.71. The van der Waals surface area contributed by atoms with Gasteiger partial charge in [-0.05, 0) is 25.8 Å². The lowest BCUT2D eigenvalue weighted by atomic mass is 9.88. The van der Waals surface area contributed by atoms with Crippen molar-refractivity contribution in [2.45, 2.75) is 38.1 Å². The smallest absolute Gasteiger partial charge is 0.123 e. The summed E-state index contributed by atoms with van der Waals surface area (Å²) in [5.74, 6) is 0.935. The zero-order valence-corrected chi connectivity index (χ0v) is 9.55. The highest BCUT2D eigenvalue weighted by Crippen LogP contribution is 2.40. The summed E-state index contributed by atoms with van der Waals surface area (Å²) in [6.07, 6.45) is 4.61. The summed E-state index contributed by atoms with van der Waals surface area (Å²) < 4.78 is 5.40. The number of ether oxygens (including phenoxy) is 1. The molecule has 15 heavy (non-hydrogen) atoms. The molecule has 82 valence electrons. The van der Waals surface area contributed by atoms with E-state index in [0.29, 0.717) is 0 Å². The largest absolute Gasteiger partial charge is 0.496 e. The van der Waals surface area contributed by atoms with E-state index < -0.39 is 0 Å². The lowest BCUT2D eigenvalue weighted by molar-refractivity contribution is 0.379. The number of methoxy groups -OCH3 is 1. The Balaban J connectivity index is 2.44. The van der Waals surface area contributed by atoms with Crippen LogP contribution in [0.25, 0.3) is 0 Å². The molecule has 0 heterocycles. The van der Waals surface area contributed by atoms with Crippen molar-refractivity contribution >= 4 is 0 Å². The van der Waals surface area contributed by atoms with E-state index in [-0.39, 0.29) is 5.54 Å². The Hall–Kier alpha value is -1.02. The summed E-state index contributed by atoms with van der Waals surface area (Å²) in [4.78, 5) is 0. The first-order valence-corrected chi connectivity index (χ1v) is 5.60. The summed E-state index contributed by atoms with van der Waals surface area (Å²) in [6.45, 7) is 2.10. The number of rotatable bonds is 2. The van der Waals surface area contributed by atoms with Crippen LogP contribution in [0.2, 0.25) is 0 Å². The lowest BCUT2D eigenvalue weighted by Gasteiger charge is -2.26. The first kappa shape index (κ1) is 10.5. The van der Waals surface area contributed by atoms with Crippen LogP contribution in [0.3, 0.4) is 0 Å². The Kier molecular flexibility index (Phi) is 2.70. The van der Waals surface area contributed by atoms with Crippen LogP contribution in [-0.4, -0.2) is 7.11 Å². The number of aryl methyl sites for hydroxylation is 1. The predicted octanol–water partition coefficient (Wildman–Crippen LogP) is 2.73. The van der Waals surface area contributed by atoms with Gasteiger partial charge in [0.1, 0.15) is 5.75 Å². The molecule has 0 atom stereocenters. The van der Waals surface area contributed by atoms with Gasteiger partial charge in [-0.2, -0.15) is 0 Å². The summed E-state index contributed by atoms with van der Waals surface area (Å²) in [5, 5.41) is 0. The molecule has 2 nitrogen and oxygen atoms in total. The molecule has 0 spiro atoms. The van der Waals surface area contributed by atoms with Gasteiger partial charge in [-0.15, -0.1) is 0 Å². The standard InChI is InChI=1S/C13H19NO/c1-10-5-6-12(15-2)11(9-10)13(14)7-3-4-8-13/h5-6,9H,3-4,7-8,14H2,1-2H3. The van der Waals surface area contributed by atoms with Crippen molar-refractivity contribution < 1.29 is 4.74 Å². The molecular weight excluding hydrogens is 186 g/mol. The Morgan fingerprint density at radius 2 is 1.93 bits per heavy atom. The minimum Gasteiger partial charge on any atom is -0.496 e. The average molecular weight is 205 g/mol. The van der Waals surface area contributed by atoms with Gasteiger partial charge in [-0.1, -0.05) is 30.5 Å². The van der Waals surface area contributed by atoms with Crippen LogP contribution in [-0.2, 0) is 5.54 Å². The van der Waals surface area contributed by atoms with Gasteiger partial charge < -0.3 is 10.5 Å². The molecule has 0 aliphatic heterocycles. The highest BCUT2D eigenvalue weighted by Gasteiger charge is 2.33. The summed E-state index contributed by atoms with van der Waals surface area (Å²) >= 11 is 0.